The summed E-state index contributed by atoms with van der Waals surface area (Å²) in [4.78, 5) is 15.2. The molecule has 0 saturated heterocycles. The van der Waals surface area contributed by atoms with E-state index in [1.807, 2.05) is 25.1 Å². The third kappa shape index (κ3) is 2.82. The average Bonchev–Trinajstić information content (AvgIpc) is 2.87. The van der Waals surface area contributed by atoms with Gasteiger partial charge in [-0.1, -0.05) is 6.07 Å². The van der Waals surface area contributed by atoms with E-state index >= 15 is 0 Å². The largest absolute Gasteiger partial charge is 0.463 e. The summed E-state index contributed by atoms with van der Waals surface area (Å²) in [6, 6.07) is 5.63. The highest BCUT2D eigenvalue weighted by Gasteiger charge is 2.13. The number of nitrogens with zero attached hydrogens (tertiary/aromatic N) is 3. The number of esters is 1. The van der Waals surface area contributed by atoms with Crippen LogP contribution in [0.25, 0.3) is 5.69 Å². The normalized spacial score (nSPS) is 12.2. The van der Waals surface area contributed by atoms with Crippen molar-refractivity contribution < 1.29 is 9.53 Å². The molecule has 0 radical (unpaired) electrons. The lowest BCUT2D eigenvalue weighted by molar-refractivity contribution is 0.0587. The molecule has 0 aliphatic rings. The van der Waals surface area contributed by atoms with Gasteiger partial charge in [0.25, 0.3) is 5.82 Å². The summed E-state index contributed by atoms with van der Waals surface area (Å²) >= 11 is 3.46. The Morgan fingerprint density at radius 2 is 2.26 bits per heavy atom. The van der Waals surface area contributed by atoms with Gasteiger partial charge in [-0.25, -0.2) is 14.5 Å². The van der Waals surface area contributed by atoms with Crippen molar-refractivity contribution in [3.05, 3.63) is 40.4 Å². The molecule has 0 spiro atoms. The Morgan fingerprint density at radius 1 is 1.53 bits per heavy atom. The van der Waals surface area contributed by atoms with E-state index in [1.54, 1.807) is 0 Å². The lowest BCUT2D eigenvalue weighted by Crippen LogP contribution is -2.07. The fourth-order valence-electron chi connectivity index (χ4n) is 1.56. The summed E-state index contributed by atoms with van der Waals surface area (Å²) in [6.07, 6.45) is 1.46. The summed E-state index contributed by atoms with van der Waals surface area (Å²) in [5.74, 6) is -0.548. The first kappa shape index (κ1) is 13.7. The SMILES string of the molecule is COC(=O)c1ncn(-c2ccc([C@@H](C)N)cc2Br)n1. The second-order valence-electron chi connectivity index (χ2n) is 4.00. The molecular formula is C12H13BrN4O2. The molecule has 0 amide bonds. The Kier molecular flexibility index (Phi) is 3.96. The van der Waals surface area contributed by atoms with Crippen LogP contribution in [0.15, 0.2) is 29.0 Å². The van der Waals surface area contributed by atoms with E-state index < -0.39 is 5.97 Å². The van der Waals surface area contributed by atoms with Crippen molar-refractivity contribution in [3.63, 3.8) is 0 Å². The van der Waals surface area contributed by atoms with Gasteiger partial charge in [-0.15, -0.1) is 5.10 Å². The van der Waals surface area contributed by atoms with Crippen LogP contribution >= 0.6 is 15.9 Å². The van der Waals surface area contributed by atoms with E-state index in [2.05, 4.69) is 30.7 Å². The van der Waals surface area contributed by atoms with Gasteiger partial charge in [-0.05, 0) is 40.5 Å². The number of nitrogens with two attached hydrogens (primary N) is 1. The third-order valence-electron chi connectivity index (χ3n) is 2.60. The molecule has 2 N–H and O–H groups in total. The molecule has 19 heavy (non-hydrogen) atoms. The van der Waals surface area contributed by atoms with E-state index in [0.717, 1.165) is 15.7 Å². The van der Waals surface area contributed by atoms with Crippen LogP contribution in [0.3, 0.4) is 0 Å². The number of rotatable bonds is 3. The van der Waals surface area contributed by atoms with Gasteiger partial charge >= 0.3 is 5.97 Å². The van der Waals surface area contributed by atoms with Crippen LogP contribution in [-0.4, -0.2) is 27.8 Å². The molecule has 1 atom stereocenters. The van der Waals surface area contributed by atoms with Crippen molar-refractivity contribution in [1.82, 2.24) is 14.8 Å². The quantitative estimate of drug-likeness (QED) is 0.871. The number of hydrogen-bond donors (Lipinski definition) is 1. The molecule has 6 nitrogen and oxygen atoms in total. The minimum absolute atomic E-state index is 0.0191. The zero-order valence-electron chi connectivity index (χ0n) is 10.5. The highest BCUT2D eigenvalue weighted by Crippen LogP contribution is 2.24. The predicted octanol–water partition coefficient (Wildman–Crippen LogP) is 1.84. The first-order valence-corrected chi connectivity index (χ1v) is 6.37. The molecule has 0 saturated carbocycles. The van der Waals surface area contributed by atoms with Crippen LogP contribution in [0, 0.1) is 0 Å². The number of ether oxygens (including phenoxy) is 1. The number of benzene rings is 1. The lowest BCUT2D eigenvalue weighted by Gasteiger charge is -2.09. The van der Waals surface area contributed by atoms with Crippen LogP contribution in [0.1, 0.15) is 29.1 Å². The van der Waals surface area contributed by atoms with Gasteiger partial charge in [0.05, 0.1) is 12.8 Å². The lowest BCUT2D eigenvalue weighted by atomic mass is 10.1. The highest BCUT2D eigenvalue weighted by molar-refractivity contribution is 9.10. The Bertz CT molecular complexity index is 610. The van der Waals surface area contributed by atoms with E-state index in [0.29, 0.717) is 0 Å². The molecule has 0 fully saturated rings. The summed E-state index contributed by atoms with van der Waals surface area (Å²) in [5, 5.41) is 4.06. The van der Waals surface area contributed by atoms with Gasteiger partial charge in [0.15, 0.2) is 0 Å². The van der Waals surface area contributed by atoms with Crippen LogP contribution in [0.5, 0.6) is 0 Å². The first-order valence-electron chi connectivity index (χ1n) is 5.58. The molecule has 1 heterocycles. The number of halogens is 1. The second kappa shape index (κ2) is 5.50. The zero-order chi connectivity index (χ0) is 14.0. The van der Waals surface area contributed by atoms with Gasteiger partial charge < -0.3 is 10.5 Å². The number of carbonyl (C=O) groups excluding carboxylic acids is 1. The summed E-state index contributed by atoms with van der Waals surface area (Å²) in [7, 11) is 1.29. The van der Waals surface area contributed by atoms with Crippen molar-refractivity contribution in [3.8, 4) is 5.69 Å². The maximum atomic E-state index is 11.3. The van der Waals surface area contributed by atoms with E-state index in [4.69, 9.17) is 5.73 Å². The summed E-state index contributed by atoms with van der Waals surface area (Å²) in [6.45, 7) is 1.91. The topological polar surface area (TPSA) is 83.0 Å². The van der Waals surface area contributed by atoms with E-state index in [9.17, 15) is 4.79 Å². The molecule has 7 heteroatoms. The smallest absolute Gasteiger partial charge is 0.377 e. The maximum Gasteiger partial charge on any atom is 0.377 e. The Hall–Kier alpha value is -1.73. The monoisotopic (exact) mass is 324 g/mol. The Morgan fingerprint density at radius 3 is 2.84 bits per heavy atom. The van der Waals surface area contributed by atoms with Crippen LogP contribution in [0.4, 0.5) is 0 Å². The average molecular weight is 325 g/mol. The first-order chi connectivity index (χ1) is 9.02. The molecule has 0 bridgehead atoms. The molecule has 0 aliphatic carbocycles. The maximum absolute atomic E-state index is 11.3. The van der Waals surface area contributed by atoms with E-state index in [1.165, 1.54) is 18.1 Å². The summed E-state index contributed by atoms with van der Waals surface area (Å²) < 4.78 is 6.88. The molecule has 1 aromatic heterocycles. The van der Waals surface area contributed by atoms with Crippen molar-refractivity contribution in [2.45, 2.75) is 13.0 Å². The minimum atomic E-state index is -0.568. The fourth-order valence-corrected chi connectivity index (χ4v) is 2.13. The number of carbonyl (C=O) groups is 1. The number of hydrogen-bond acceptors (Lipinski definition) is 5. The zero-order valence-corrected chi connectivity index (χ0v) is 12.1. The standard InChI is InChI=1S/C12H13BrN4O2/c1-7(14)8-3-4-10(9(13)5-8)17-6-15-11(16-17)12(18)19-2/h3-7H,14H2,1-2H3/t7-/m1/s1. The van der Waals surface area contributed by atoms with E-state index in [-0.39, 0.29) is 11.9 Å². The Balaban J connectivity index is 2.37. The number of aromatic nitrogens is 3. The molecule has 2 rings (SSSR count). The van der Waals surface area contributed by atoms with Crippen molar-refractivity contribution in [1.29, 1.82) is 0 Å². The Labute approximate surface area is 118 Å². The molecule has 0 unspecified atom stereocenters. The van der Waals surface area contributed by atoms with Gasteiger partial charge in [0.1, 0.15) is 6.33 Å². The molecule has 100 valence electrons. The van der Waals surface area contributed by atoms with Gasteiger partial charge in [0.2, 0.25) is 0 Å². The fraction of sp³-hybridized carbons (Fsp3) is 0.250. The van der Waals surface area contributed by atoms with Crippen molar-refractivity contribution >= 4 is 21.9 Å². The second-order valence-corrected chi connectivity index (χ2v) is 4.86. The summed E-state index contributed by atoms with van der Waals surface area (Å²) in [5.41, 5.74) is 7.59. The van der Waals surface area contributed by atoms with Gasteiger partial charge in [0, 0.05) is 10.5 Å². The van der Waals surface area contributed by atoms with Gasteiger partial charge in [-0.2, -0.15) is 0 Å². The van der Waals surface area contributed by atoms with Crippen LogP contribution < -0.4 is 5.73 Å². The van der Waals surface area contributed by atoms with Crippen LogP contribution in [-0.2, 0) is 4.74 Å². The molecule has 0 aliphatic heterocycles. The van der Waals surface area contributed by atoms with Crippen LogP contribution in [0.2, 0.25) is 0 Å². The third-order valence-corrected chi connectivity index (χ3v) is 3.24. The van der Waals surface area contributed by atoms with Gasteiger partial charge in [-0.3, -0.25) is 0 Å². The molecule has 1 aromatic carbocycles. The highest BCUT2D eigenvalue weighted by atomic mass is 79.9. The van der Waals surface area contributed by atoms with Crippen molar-refractivity contribution in [2.75, 3.05) is 7.11 Å². The predicted molar refractivity (Wildman–Crippen MR) is 73.0 cm³/mol. The molecule has 2 aromatic rings. The minimum Gasteiger partial charge on any atom is -0.463 e. The molecular weight excluding hydrogens is 312 g/mol. The number of methoxy groups -OCH3 is 1. The van der Waals surface area contributed by atoms with Crippen molar-refractivity contribution in [2.24, 2.45) is 5.73 Å².